The van der Waals surface area contributed by atoms with E-state index in [0.29, 0.717) is 5.56 Å². The van der Waals surface area contributed by atoms with Crippen LogP contribution in [-0.4, -0.2) is 39.6 Å². The van der Waals surface area contributed by atoms with Gasteiger partial charge in [0.15, 0.2) is 11.4 Å². The van der Waals surface area contributed by atoms with Crippen molar-refractivity contribution >= 4 is 28.9 Å². The Morgan fingerprint density at radius 1 is 1.16 bits per heavy atom. The Morgan fingerprint density at radius 3 is 2.38 bits per heavy atom. The van der Waals surface area contributed by atoms with Crippen LogP contribution in [0.3, 0.4) is 0 Å². The molecule has 8 nitrogen and oxygen atoms in total. The standard InChI is InChI=1S/C20H17F3N4O4S/c1-10(24-25-18(29)13-8-9-14(32-13)19(30)31-3)15-17(28)16(27(2)26-15)11-4-6-12(7-5-11)20(21,22)23/h4-9,28H,1-3H3,(H,25,29)/b24-10+. The number of alkyl halides is 3. The van der Waals surface area contributed by atoms with Crippen molar-refractivity contribution in [3.63, 3.8) is 0 Å². The zero-order chi connectivity index (χ0) is 23.6. The van der Waals surface area contributed by atoms with Crippen LogP contribution in [0.5, 0.6) is 5.75 Å². The molecule has 3 rings (SSSR count). The lowest BCUT2D eigenvalue weighted by Gasteiger charge is -2.08. The van der Waals surface area contributed by atoms with E-state index in [1.807, 2.05) is 0 Å². The Balaban J connectivity index is 1.81. The molecule has 2 aromatic heterocycles. The molecule has 0 atom stereocenters. The third-order valence-corrected chi connectivity index (χ3v) is 5.46. The van der Waals surface area contributed by atoms with Crippen LogP contribution in [-0.2, 0) is 18.0 Å². The molecule has 0 saturated carbocycles. The Labute approximate surface area is 183 Å². The molecule has 3 aromatic rings. The molecule has 0 aliphatic heterocycles. The number of thiophene rings is 1. The number of rotatable bonds is 5. The maximum atomic E-state index is 12.8. The summed E-state index contributed by atoms with van der Waals surface area (Å²) in [5, 5.41) is 18.7. The molecule has 0 fully saturated rings. The van der Waals surface area contributed by atoms with Crippen molar-refractivity contribution in [3.8, 4) is 17.0 Å². The van der Waals surface area contributed by atoms with Gasteiger partial charge in [0.1, 0.15) is 10.6 Å². The minimum atomic E-state index is -4.47. The van der Waals surface area contributed by atoms with Crippen LogP contribution in [0.4, 0.5) is 13.2 Å². The van der Waals surface area contributed by atoms with Gasteiger partial charge in [0.2, 0.25) is 0 Å². The van der Waals surface area contributed by atoms with E-state index in [4.69, 9.17) is 0 Å². The molecule has 0 spiro atoms. The monoisotopic (exact) mass is 466 g/mol. The van der Waals surface area contributed by atoms with E-state index >= 15 is 0 Å². The van der Waals surface area contributed by atoms with Crippen LogP contribution in [0, 0.1) is 0 Å². The summed E-state index contributed by atoms with van der Waals surface area (Å²) in [4.78, 5) is 24.2. The molecule has 0 aliphatic rings. The van der Waals surface area contributed by atoms with Gasteiger partial charge in [-0.05, 0) is 31.2 Å². The highest BCUT2D eigenvalue weighted by Gasteiger charge is 2.30. The number of carbonyl (C=O) groups excluding carboxylic acids is 2. The molecule has 0 unspecified atom stereocenters. The van der Waals surface area contributed by atoms with Crippen molar-refractivity contribution in [2.45, 2.75) is 13.1 Å². The molecule has 32 heavy (non-hydrogen) atoms. The normalized spacial score (nSPS) is 12.0. The Hall–Kier alpha value is -3.67. The highest BCUT2D eigenvalue weighted by atomic mass is 32.1. The van der Waals surface area contributed by atoms with E-state index in [2.05, 4.69) is 20.4 Å². The SMILES string of the molecule is COC(=O)c1ccc(C(=O)N/N=C(\C)c2nn(C)c(-c3ccc(C(F)(F)F)cc3)c2O)s1. The predicted octanol–water partition coefficient (Wildman–Crippen LogP) is 3.81. The number of methoxy groups -OCH3 is 1. The van der Waals surface area contributed by atoms with Crippen LogP contribution in [0.2, 0.25) is 0 Å². The van der Waals surface area contributed by atoms with Gasteiger partial charge in [-0.3, -0.25) is 9.48 Å². The summed E-state index contributed by atoms with van der Waals surface area (Å²) in [5.41, 5.74) is 2.22. The van der Waals surface area contributed by atoms with Gasteiger partial charge in [-0.2, -0.15) is 23.4 Å². The fourth-order valence-electron chi connectivity index (χ4n) is 2.81. The zero-order valence-corrected chi connectivity index (χ0v) is 17.8. The van der Waals surface area contributed by atoms with Crippen LogP contribution < -0.4 is 5.43 Å². The summed E-state index contributed by atoms with van der Waals surface area (Å²) in [5.74, 6) is -1.45. The molecule has 1 aromatic carbocycles. The first kappa shape index (κ1) is 23.0. The molecule has 2 heterocycles. The van der Waals surface area contributed by atoms with Crippen molar-refractivity contribution < 1.29 is 32.6 Å². The van der Waals surface area contributed by atoms with Crippen molar-refractivity contribution in [1.29, 1.82) is 0 Å². The number of ether oxygens (including phenoxy) is 1. The molecule has 0 radical (unpaired) electrons. The Bertz CT molecular complexity index is 1200. The third kappa shape index (κ3) is 4.64. The number of hydrogen-bond donors (Lipinski definition) is 2. The lowest BCUT2D eigenvalue weighted by atomic mass is 10.1. The van der Waals surface area contributed by atoms with Crippen molar-refractivity contribution in [3.05, 3.63) is 57.4 Å². The second-order valence-corrected chi connectivity index (χ2v) is 7.62. The minimum Gasteiger partial charge on any atom is -0.504 e. The molecule has 0 aliphatic carbocycles. The van der Waals surface area contributed by atoms with Gasteiger partial charge < -0.3 is 9.84 Å². The fraction of sp³-hybridized carbons (Fsp3) is 0.200. The third-order valence-electron chi connectivity index (χ3n) is 4.39. The molecule has 0 saturated heterocycles. The van der Waals surface area contributed by atoms with E-state index in [0.717, 1.165) is 23.5 Å². The van der Waals surface area contributed by atoms with Crippen LogP contribution in [0.1, 0.15) is 37.5 Å². The average Bonchev–Trinajstić information content (AvgIpc) is 3.35. The number of carbonyl (C=O) groups is 2. The lowest BCUT2D eigenvalue weighted by Crippen LogP contribution is -2.18. The van der Waals surface area contributed by atoms with Gasteiger partial charge in [0.05, 0.1) is 23.3 Å². The second-order valence-electron chi connectivity index (χ2n) is 6.54. The number of hydrazone groups is 1. The van der Waals surface area contributed by atoms with Gasteiger partial charge in [-0.1, -0.05) is 12.1 Å². The average molecular weight is 466 g/mol. The molecule has 0 bridgehead atoms. The maximum Gasteiger partial charge on any atom is 0.416 e. The summed E-state index contributed by atoms with van der Waals surface area (Å²) >= 11 is 0.926. The summed E-state index contributed by atoms with van der Waals surface area (Å²) in [6.07, 6.45) is -4.47. The minimum absolute atomic E-state index is 0.0455. The van der Waals surface area contributed by atoms with Crippen molar-refractivity contribution in [1.82, 2.24) is 15.2 Å². The number of aromatic hydroxyl groups is 1. The number of aromatic nitrogens is 2. The molecule has 168 valence electrons. The van der Waals surface area contributed by atoms with E-state index in [1.165, 1.54) is 50.0 Å². The number of nitrogens with zero attached hydrogens (tertiary/aromatic N) is 3. The largest absolute Gasteiger partial charge is 0.504 e. The quantitative estimate of drug-likeness (QED) is 0.338. The van der Waals surface area contributed by atoms with E-state index in [-0.39, 0.29) is 32.6 Å². The first-order valence-corrected chi connectivity index (χ1v) is 9.81. The topological polar surface area (TPSA) is 106 Å². The van der Waals surface area contributed by atoms with Crippen LogP contribution >= 0.6 is 11.3 Å². The number of aryl methyl sites for hydroxylation is 1. The molecule has 1 amide bonds. The van der Waals surface area contributed by atoms with Gasteiger partial charge >= 0.3 is 12.1 Å². The fourth-order valence-corrected chi connectivity index (χ4v) is 3.62. The molecule has 2 N–H and O–H groups in total. The molecular weight excluding hydrogens is 449 g/mol. The maximum absolute atomic E-state index is 12.8. The van der Waals surface area contributed by atoms with Gasteiger partial charge in [-0.25, -0.2) is 10.2 Å². The van der Waals surface area contributed by atoms with Gasteiger partial charge in [-0.15, -0.1) is 11.3 Å². The number of amides is 1. The van der Waals surface area contributed by atoms with Crippen LogP contribution in [0.15, 0.2) is 41.5 Å². The smallest absolute Gasteiger partial charge is 0.416 e. The Kier molecular flexibility index (Phi) is 6.35. The lowest BCUT2D eigenvalue weighted by molar-refractivity contribution is -0.137. The highest BCUT2D eigenvalue weighted by Crippen LogP contribution is 2.35. The number of nitrogens with one attached hydrogen (secondary N) is 1. The van der Waals surface area contributed by atoms with Crippen molar-refractivity contribution in [2.75, 3.05) is 7.11 Å². The number of esters is 1. The van der Waals surface area contributed by atoms with E-state index in [1.54, 1.807) is 0 Å². The van der Waals surface area contributed by atoms with Gasteiger partial charge in [0, 0.05) is 12.6 Å². The predicted molar refractivity (Wildman–Crippen MR) is 111 cm³/mol. The van der Waals surface area contributed by atoms with E-state index in [9.17, 15) is 27.9 Å². The summed E-state index contributed by atoms with van der Waals surface area (Å²) in [6, 6.07) is 7.17. The van der Waals surface area contributed by atoms with Crippen molar-refractivity contribution in [2.24, 2.45) is 12.1 Å². The number of benzene rings is 1. The second kappa shape index (κ2) is 8.83. The summed E-state index contributed by atoms with van der Waals surface area (Å²) in [6.45, 7) is 1.49. The Morgan fingerprint density at radius 2 is 1.78 bits per heavy atom. The zero-order valence-electron chi connectivity index (χ0n) is 17.0. The highest BCUT2D eigenvalue weighted by molar-refractivity contribution is 7.15. The van der Waals surface area contributed by atoms with Gasteiger partial charge in [0.25, 0.3) is 5.91 Å². The van der Waals surface area contributed by atoms with Crippen LogP contribution in [0.25, 0.3) is 11.3 Å². The number of hydrogen-bond acceptors (Lipinski definition) is 7. The van der Waals surface area contributed by atoms with E-state index < -0.39 is 23.6 Å². The molecular formula is C20H17F3N4O4S. The summed E-state index contributed by atoms with van der Waals surface area (Å²) < 4.78 is 44.2. The first-order valence-electron chi connectivity index (χ1n) is 8.99. The molecule has 12 heteroatoms. The first-order chi connectivity index (χ1) is 15.0. The number of halogens is 3. The summed E-state index contributed by atoms with van der Waals surface area (Å²) in [7, 11) is 2.75.